The molecule has 1 amide bonds. The molecule has 0 fully saturated rings. The fourth-order valence-electron chi connectivity index (χ4n) is 1.88. The number of rotatable bonds is 7. The number of carbonyl (C=O) groups is 1. The van der Waals surface area contributed by atoms with Gasteiger partial charge in [-0.2, -0.15) is 0 Å². The SMILES string of the molecule is Cc1ccc(O[C@H](C)C(=O)NCCOc2ccccc2)cc1. The quantitative estimate of drug-likeness (QED) is 0.800. The van der Waals surface area contributed by atoms with Gasteiger partial charge in [0.05, 0.1) is 6.54 Å². The first-order valence-corrected chi connectivity index (χ1v) is 7.34. The van der Waals surface area contributed by atoms with Gasteiger partial charge in [-0.3, -0.25) is 4.79 Å². The molecular formula is C18H21NO3. The second-order valence-corrected chi connectivity index (χ2v) is 5.03. The van der Waals surface area contributed by atoms with Crippen LogP contribution in [-0.4, -0.2) is 25.2 Å². The average molecular weight is 299 g/mol. The summed E-state index contributed by atoms with van der Waals surface area (Å²) in [6.45, 7) is 4.60. The van der Waals surface area contributed by atoms with Crippen molar-refractivity contribution in [2.24, 2.45) is 0 Å². The number of hydrogen-bond acceptors (Lipinski definition) is 3. The molecule has 0 saturated heterocycles. The van der Waals surface area contributed by atoms with Crippen LogP contribution in [0, 0.1) is 6.92 Å². The van der Waals surface area contributed by atoms with Gasteiger partial charge < -0.3 is 14.8 Å². The van der Waals surface area contributed by atoms with Gasteiger partial charge in [-0.1, -0.05) is 35.9 Å². The minimum Gasteiger partial charge on any atom is -0.492 e. The highest BCUT2D eigenvalue weighted by Crippen LogP contribution is 2.13. The number of aryl methyl sites for hydroxylation is 1. The third kappa shape index (κ3) is 5.13. The summed E-state index contributed by atoms with van der Waals surface area (Å²) in [6, 6.07) is 17.1. The first-order valence-electron chi connectivity index (χ1n) is 7.34. The molecule has 0 spiro atoms. The molecule has 0 radical (unpaired) electrons. The van der Waals surface area contributed by atoms with Crippen molar-refractivity contribution in [2.45, 2.75) is 20.0 Å². The summed E-state index contributed by atoms with van der Waals surface area (Å²) in [5.41, 5.74) is 1.16. The average Bonchev–Trinajstić information content (AvgIpc) is 2.54. The lowest BCUT2D eigenvalue weighted by atomic mass is 10.2. The van der Waals surface area contributed by atoms with E-state index >= 15 is 0 Å². The zero-order valence-electron chi connectivity index (χ0n) is 12.9. The lowest BCUT2D eigenvalue weighted by molar-refractivity contribution is -0.127. The van der Waals surface area contributed by atoms with Crippen molar-refractivity contribution in [2.75, 3.05) is 13.2 Å². The summed E-state index contributed by atoms with van der Waals surface area (Å²) in [6.07, 6.45) is -0.542. The Balaban J connectivity index is 1.69. The Morgan fingerprint density at radius 2 is 1.73 bits per heavy atom. The van der Waals surface area contributed by atoms with Gasteiger partial charge in [0, 0.05) is 0 Å². The van der Waals surface area contributed by atoms with Crippen LogP contribution in [0.25, 0.3) is 0 Å². The minimum absolute atomic E-state index is 0.155. The van der Waals surface area contributed by atoms with Crippen LogP contribution in [0.3, 0.4) is 0 Å². The number of amides is 1. The Bertz CT molecular complexity index is 581. The number of hydrogen-bond donors (Lipinski definition) is 1. The Hall–Kier alpha value is -2.49. The maximum Gasteiger partial charge on any atom is 0.260 e. The molecule has 0 bridgehead atoms. The largest absolute Gasteiger partial charge is 0.492 e. The third-order valence-corrected chi connectivity index (χ3v) is 3.12. The Labute approximate surface area is 131 Å². The molecule has 4 heteroatoms. The molecule has 2 aromatic carbocycles. The Morgan fingerprint density at radius 1 is 1.05 bits per heavy atom. The second kappa shape index (κ2) is 8.08. The highest BCUT2D eigenvalue weighted by atomic mass is 16.5. The number of ether oxygens (including phenoxy) is 2. The van der Waals surface area contributed by atoms with E-state index in [-0.39, 0.29) is 5.91 Å². The van der Waals surface area contributed by atoms with E-state index < -0.39 is 6.10 Å². The van der Waals surface area contributed by atoms with Gasteiger partial charge in [0.2, 0.25) is 0 Å². The monoisotopic (exact) mass is 299 g/mol. The molecule has 0 heterocycles. The summed E-state index contributed by atoms with van der Waals surface area (Å²) in [4.78, 5) is 11.9. The van der Waals surface area contributed by atoms with Crippen LogP contribution in [0.5, 0.6) is 11.5 Å². The van der Waals surface area contributed by atoms with Gasteiger partial charge in [0.25, 0.3) is 5.91 Å². The van der Waals surface area contributed by atoms with Crippen LogP contribution < -0.4 is 14.8 Å². The standard InChI is InChI=1S/C18H21NO3/c1-14-8-10-17(11-9-14)22-15(2)18(20)19-12-13-21-16-6-4-3-5-7-16/h3-11,15H,12-13H2,1-2H3,(H,19,20)/t15-/m1/s1. The topological polar surface area (TPSA) is 47.6 Å². The molecule has 1 atom stereocenters. The smallest absolute Gasteiger partial charge is 0.260 e. The predicted octanol–water partition coefficient (Wildman–Crippen LogP) is 2.96. The van der Waals surface area contributed by atoms with Crippen molar-refractivity contribution in [1.29, 1.82) is 0 Å². The molecule has 116 valence electrons. The van der Waals surface area contributed by atoms with Gasteiger partial charge in [-0.25, -0.2) is 0 Å². The van der Waals surface area contributed by atoms with E-state index in [9.17, 15) is 4.79 Å². The van der Waals surface area contributed by atoms with Crippen molar-refractivity contribution in [3.05, 3.63) is 60.2 Å². The van der Waals surface area contributed by atoms with Gasteiger partial charge in [0.1, 0.15) is 18.1 Å². The fourth-order valence-corrected chi connectivity index (χ4v) is 1.88. The highest BCUT2D eigenvalue weighted by molar-refractivity contribution is 5.80. The first kappa shape index (κ1) is 15.9. The lowest BCUT2D eigenvalue weighted by Gasteiger charge is -2.15. The van der Waals surface area contributed by atoms with Crippen molar-refractivity contribution < 1.29 is 14.3 Å². The summed E-state index contributed by atoms with van der Waals surface area (Å²) in [5, 5.41) is 2.80. The van der Waals surface area contributed by atoms with Crippen LogP contribution >= 0.6 is 0 Å². The molecule has 4 nitrogen and oxygen atoms in total. The van der Waals surface area contributed by atoms with Gasteiger partial charge in [-0.05, 0) is 38.1 Å². The van der Waals surface area contributed by atoms with E-state index in [2.05, 4.69) is 5.32 Å². The van der Waals surface area contributed by atoms with Crippen LogP contribution in [0.4, 0.5) is 0 Å². The maximum atomic E-state index is 11.9. The molecule has 0 unspecified atom stereocenters. The van der Waals surface area contributed by atoms with E-state index in [1.54, 1.807) is 6.92 Å². The van der Waals surface area contributed by atoms with Gasteiger partial charge >= 0.3 is 0 Å². The molecule has 2 rings (SSSR count). The van der Waals surface area contributed by atoms with E-state index in [0.717, 1.165) is 11.3 Å². The summed E-state index contributed by atoms with van der Waals surface area (Å²) in [5.74, 6) is 1.33. The van der Waals surface area contributed by atoms with Crippen molar-refractivity contribution >= 4 is 5.91 Å². The minimum atomic E-state index is -0.542. The van der Waals surface area contributed by atoms with E-state index in [0.29, 0.717) is 18.9 Å². The van der Waals surface area contributed by atoms with Crippen LogP contribution in [0.1, 0.15) is 12.5 Å². The molecule has 2 aromatic rings. The third-order valence-electron chi connectivity index (χ3n) is 3.12. The Morgan fingerprint density at radius 3 is 2.41 bits per heavy atom. The maximum absolute atomic E-state index is 11.9. The van der Waals surface area contributed by atoms with E-state index in [1.807, 2.05) is 61.5 Å². The second-order valence-electron chi connectivity index (χ2n) is 5.03. The fraction of sp³-hybridized carbons (Fsp3) is 0.278. The predicted molar refractivity (Wildman–Crippen MR) is 86.2 cm³/mol. The number of nitrogens with one attached hydrogen (secondary N) is 1. The van der Waals surface area contributed by atoms with Gasteiger partial charge in [-0.15, -0.1) is 0 Å². The number of para-hydroxylation sites is 1. The van der Waals surface area contributed by atoms with Crippen LogP contribution in [0.2, 0.25) is 0 Å². The van der Waals surface area contributed by atoms with Crippen LogP contribution in [-0.2, 0) is 4.79 Å². The van der Waals surface area contributed by atoms with Crippen molar-refractivity contribution in [1.82, 2.24) is 5.32 Å². The summed E-state index contributed by atoms with van der Waals surface area (Å²) >= 11 is 0. The number of benzene rings is 2. The molecule has 0 aromatic heterocycles. The molecule has 0 saturated carbocycles. The molecule has 0 aliphatic heterocycles. The molecular weight excluding hydrogens is 278 g/mol. The normalized spacial score (nSPS) is 11.5. The molecule has 1 N–H and O–H groups in total. The number of carbonyl (C=O) groups excluding carboxylic acids is 1. The molecule has 22 heavy (non-hydrogen) atoms. The van der Waals surface area contributed by atoms with Crippen LogP contribution in [0.15, 0.2) is 54.6 Å². The summed E-state index contributed by atoms with van der Waals surface area (Å²) in [7, 11) is 0. The summed E-state index contributed by atoms with van der Waals surface area (Å²) < 4.78 is 11.1. The first-order chi connectivity index (χ1) is 10.6. The Kier molecular flexibility index (Phi) is 5.83. The highest BCUT2D eigenvalue weighted by Gasteiger charge is 2.13. The zero-order valence-corrected chi connectivity index (χ0v) is 12.9. The van der Waals surface area contributed by atoms with Gasteiger partial charge in [0.15, 0.2) is 6.10 Å². The zero-order chi connectivity index (χ0) is 15.8. The molecule has 0 aliphatic rings. The van der Waals surface area contributed by atoms with E-state index in [4.69, 9.17) is 9.47 Å². The molecule has 0 aliphatic carbocycles. The van der Waals surface area contributed by atoms with E-state index in [1.165, 1.54) is 0 Å². The van der Waals surface area contributed by atoms with Crippen molar-refractivity contribution in [3.63, 3.8) is 0 Å². The van der Waals surface area contributed by atoms with Crippen molar-refractivity contribution in [3.8, 4) is 11.5 Å². The lowest BCUT2D eigenvalue weighted by Crippen LogP contribution is -2.38.